The van der Waals surface area contributed by atoms with Gasteiger partial charge in [0.25, 0.3) is 0 Å². The van der Waals surface area contributed by atoms with E-state index in [4.69, 9.17) is 14.5 Å². The lowest BCUT2D eigenvalue weighted by molar-refractivity contribution is -0.122. The molecule has 1 N–H and O–H groups in total. The number of hydrogen-bond donors (Lipinski definition) is 1. The van der Waals surface area contributed by atoms with Gasteiger partial charge in [-0.15, -0.1) is 0 Å². The number of amides is 3. The average Bonchev–Trinajstić information content (AvgIpc) is 3.38. The molecule has 1 spiro atoms. The smallest absolute Gasteiger partial charge is 0.411 e. The number of thiazole rings is 1. The van der Waals surface area contributed by atoms with Gasteiger partial charge in [-0.1, -0.05) is 29.5 Å². The van der Waals surface area contributed by atoms with Crippen LogP contribution in [0.2, 0.25) is 0 Å². The fourth-order valence-corrected chi connectivity index (χ4v) is 6.38. The number of likely N-dealkylation sites (tertiary alicyclic amines) is 1. The van der Waals surface area contributed by atoms with E-state index in [9.17, 15) is 14.9 Å². The number of carbonyl (C=O) groups excluding carboxylic acids is 2. The van der Waals surface area contributed by atoms with Crippen LogP contribution in [0.5, 0.6) is 0 Å². The van der Waals surface area contributed by atoms with Crippen molar-refractivity contribution < 1.29 is 19.1 Å². The zero-order valence-corrected chi connectivity index (χ0v) is 25.2. The second-order valence-corrected chi connectivity index (χ2v) is 12.8. The number of hydrogen-bond acceptors (Lipinski definition) is 9. The fourth-order valence-electron chi connectivity index (χ4n) is 5.40. The normalized spacial score (nSPS) is 16.1. The van der Waals surface area contributed by atoms with E-state index in [1.54, 1.807) is 28.3 Å². The number of ether oxygens (including phenoxy) is 2. The Morgan fingerprint density at radius 3 is 2.72 bits per heavy atom. The summed E-state index contributed by atoms with van der Waals surface area (Å²) < 4.78 is 11.3. The fraction of sp³-hybridized carbons (Fsp3) is 0.355. The molecule has 6 rings (SSSR count). The molecule has 0 radical (unpaired) electrons. The first-order chi connectivity index (χ1) is 20.5. The number of nitrogens with zero attached hydrogens (tertiary/aromatic N) is 6. The van der Waals surface area contributed by atoms with Crippen LogP contribution in [0, 0.1) is 18.3 Å². The van der Waals surface area contributed by atoms with Crippen LogP contribution >= 0.6 is 11.3 Å². The van der Waals surface area contributed by atoms with Gasteiger partial charge in [0.2, 0.25) is 0 Å². The number of anilines is 1. The quantitative estimate of drug-likeness (QED) is 0.329. The Balaban J connectivity index is 1.27. The first kappa shape index (κ1) is 28.5. The number of carbonyl (C=O) groups is 2. The molecule has 0 saturated carbocycles. The van der Waals surface area contributed by atoms with Crippen molar-refractivity contribution >= 4 is 39.5 Å². The number of nitrogens with one attached hydrogen (secondary N) is 1. The molecule has 2 aromatic heterocycles. The second kappa shape index (κ2) is 10.9. The molecule has 2 saturated heterocycles. The lowest BCUT2D eigenvalue weighted by Gasteiger charge is -2.56. The summed E-state index contributed by atoms with van der Waals surface area (Å²) in [7, 11) is 0. The number of rotatable bonds is 3. The van der Waals surface area contributed by atoms with E-state index in [0.29, 0.717) is 49.2 Å². The van der Waals surface area contributed by atoms with Gasteiger partial charge >= 0.3 is 12.1 Å². The minimum absolute atomic E-state index is 0.317. The van der Waals surface area contributed by atoms with Gasteiger partial charge < -0.3 is 14.4 Å². The highest BCUT2D eigenvalue weighted by molar-refractivity contribution is 7.19. The van der Waals surface area contributed by atoms with Gasteiger partial charge in [0.1, 0.15) is 17.5 Å². The Bertz CT molecular complexity index is 1770. The van der Waals surface area contributed by atoms with Crippen LogP contribution < -0.4 is 5.32 Å². The second-order valence-electron chi connectivity index (χ2n) is 11.8. The molecule has 0 unspecified atom stereocenters. The molecule has 0 atom stereocenters. The van der Waals surface area contributed by atoms with E-state index in [0.717, 1.165) is 32.6 Å². The molecular formula is C31H31N7O4S. The number of fused-ring (bicyclic) bond motifs is 1. The number of benzene rings is 2. The summed E-state index contributed by atoms with van der Waals surface area (Å²) >= 11 is 1.35. The van der Waals surface area contributed by atoms with E-state index >= 15 is 0 Å². The summed E-state index contributed by atoms with van der Waals surface area (Å²) in [6.07, 6.45) is 1.14. The van der Waals surface area contributed by atoms with Crippen molar-refractivity contribution in [1.82, 2.24) is 24.8 Å². The summed E-state index contributed by atoms with van der Waals surface area (Å²) in [6.45, 7) is 9.23. The van der Waals surface area contributed by atoms with Gasteiger partial charge in [0, 0.05) is 36.3 Å². The number of aromatic nitrogens is 3. The molecule has 2 fully saturated rings. The zero-order valence-electron chi connectivity index (χ0n) is 24.4. The summed E-state index contributed by atoms with van der Waals surface area (Å²) in [6, 6.07) is 15.0. The van der Waals surface area contributed by atoms with Gasteiger partial charge in [0.05, 0.1) is 40.9 Å². The van der Waals surface area contributed by atoms with Crippen LogP contribution in [-0.4, -0.2) is 80.9 Å². The Morgan fingerprint density at radius 1 is 1.14 bits per heavy atom. The van der Waals surface area contributed by atoms with E-state index in [-0.39, 0.29) is 6.03 Å². The molecule has 11 nitrogen and oxygen atoms in total. The summed E-state index contributed by atoms with van der Waals surface area (Å²) in [5, 5.41) is 13.8. The minimum Gasteiger partial charge on any atom is -0.444 e. The van der Waals surface area contributed by atoms with E-state index in [1.165, 1.54) is 11.3 Å². The van der Waals surface area contributed by atoms with Gasteiger partial charge in [-0.05, 0) is 57.5 Å². The number of morpholine rings is 1. The third-order valence-electron chi connectivity index (χ3n) is 7.48. The average molecular weight is 598 g/mol. The number of aryl methyl sites for hydroxylation is 1. The Hall–Kier alpha value is -4.60. The summed E-state index contributed by atoms with van der Waals surface area (Å²) in [5.74, 6) is 0. The van der Waals surface area contributed by atoms with Crippen molar-refractivity contribution in [1.29, 1.82) is 5.26 Å². The predicted molar refractivity (Wildman–Crippen MR) is 163 cm³/mol. The van der Waals surface area contributed by atoms with Gasteiger partial charge in [-0.2, -0.15) is 5.26 Å². The highest BCUT2D eigenvalue weighted by atomic mass is 32.1. The summed E-state index contributed by atoms with van der Waals surface area (Å²) in [4.78, 5) is 44.0. The van der Waals surface area contributed by atoms with Crippen LogP contribution in [0.25, 0.3) is 32.6 Å². The van der Waals surface area contributed by atoms with Crippen molar-refractivity contribution in [3.8, 4) is 27.8 Å². The third-order valence-corrected chi connectivity index (χ3v) is 8.50. The molecule has 0 bridgehead atoms. The highest BCUT2D eigenvalue weighted by Crippen LogP contribution is 2.41. The number of urea groups is 1. The maximum Gasteiger partial charge on any atom is 0.411 e. The third kappa shape index (κ3) is 5.61. The van der Waals surface area contributed by atoms with Crippen molar-refractivity contribution in [2.24, 2.45) is 0 Å². The Labute approximate surface area is 253 Å². The lowest BCUT2D eigenvalue weighted by atomic mass is 9.88. The van der Waals surface area contributed by atoms with Crippen LogP contribution in [-0.2, 0) is 9.47 Å². The maximum atomic E-state index is 13.4. The predicted octanol–water partition coefficient (Wildman–Crippen LogP) is 5.45. The molecule has 0 aliphatic carbocycles. The van der Waals surface area contributed by atoms with Gasteiger partial charge in [0.15, 0.2) is 5.13 Å². The first-order valence-electron chi connectivity index (χ1n) is 13.9. The van der Waals surface area contributed by atoms with Crippen molar-refractivity contribution in [2.75, 3.05) is 38.2 Å². The Morgan fingerprint density at radius 2 is 1.95 bits per heavy atom. The van der Waals surface area contributed by atoms with Crippen LogP contribution in [0.3, 0.4) is 0 Å². The van der Waals surface area contributed by atoms with Crippen molar-refractivity contribution in [3.05, 3.63) is 60.0 Å². The van der Waals surface area contributed by atoms with Gasteiger partial charge in [-0.25, -0.2) is 24.5 Å². The molecule has 2 aliphatic rings. The first-order valence-corrected chi connectivity index (χ1v) is 14.7. The molecule has 220 valence electrons. The minimum atomic E-state index is -0.625. The van der Waals surface area contributed by atoms with E-state index in [2.05, 4.69) is 21.4 Å². The van der Waals surface area contributed by atoms with Crippen LogP contribution in [0.1, 0.15) is 32.0 Å². The van der Waals surface area contributed by atoms with Crippen molar-refractivity contribution in [3.63, 3.8) is 0 Å². The van der Waals surface area contributed by atoms with Gasteiger partial charge in [-0.3, -0.25) is 10.2 Å². The van der Waals surface area contributed by atoms with Crippen molar-refractivity contribution in [2.45, 2.75) is 38.8 Å². The SMILES string of the molecule is Cc1ncnc2ccc(-c3sc(NC(=O)N4CC5(COCCN5C(=O)OC(C)(C)C)C4)nc3-c3cccc(C#N)c3)cc12. The van der Waals surface area contributed by atoms with E-state index < -0.39 is 17.2 Å². The molecule has 43 heavy (non-hydrogen) atoms. The number of nitriles is 1. The molecule has 2 aliphatic heterocycles. The molecule has 4 aromatic rings. The van der Waals surface area contributed by atoms with E-state index in [1.807, 2.05) is 58.0 Å². The molecule has 2 aromatic carbocycles. The molecule has 3 amide bonds. The molecule has 12 heteroatoms. The zero-order chi connectivity index (χ0) is 30.4. The monoisotopic (exact) mass is 597 g/mol. The topological polar surface area (TPSA) is 134 Å². The lowest BCUT2D eigenvalue weighted by Crippen LogP contribution is -2.76. The highest BCUT2D eigenvalue weighted by Gasteiger charge is 2.54. The Kier molecular flexibility index (Phi) is 7.23. The summed E-state index contributed by atoms with van der Waals surface area (Å²) in [5.41, 5.74) is 3.28. The maximum absolute atomic E-state index is 13.4. The van der Waals surface area contributed by atoms with Crippen LogP contribution in [0.4, 0.5) is 14.7 Å². The molecule has 4 heterocycles. The standard InChI is InChI=1S/C31H31N7O4S/c1-19-23-13-22(8-9-24(23)34-18-33-19)26-25(21-7-5-6-20(12-21)14-32)35-27(43-26)36-28(39)37-15-31(16-37)17-41-11-10-38(31)29(40)42-30(2,3)4/h5-9,12-13,18H,10-11,15-17H2,1-4H3,(H,35,36,39). The molecular weight excluding hydrogens is 566 g/mol. The largest absolute Gasteiger partial charge is 0.444 e. The van der Waals surface area contributed by atoms with Crippen LogP contribution in [0.15, 0.2) is 48.8 Å².